The van der Waals surface area contributed by atoms with Crippen LogP contribution in [0.3, 0.4) is 0 Å². The first-order valence-corrected chi connectivity index (χ1v) is 21.6. The van der Waals surface area contributed by atoms with Gasteiger partial charge in [-0.1, -0.05) is 7.43 Å². The van der Waals surface area contributed by atoms with Gasteiger partial charge in [-0.15, -0.1) is 0 Å². The van der Waals surface area contributed by atoms with Crippen LogP contribution in [-0.4, -0.2) is 343 Å². The maximum atomic E-state index is 7.61. The number of halogens is 2. The molecule has 25 heteroatoms. The topological polar surface area (TPSA) is 237 Å². The maximum Gasteiger partial charge on any atom is 3.00 e. The van der Waals surface area contributed by atoms with E-state index in [0.29, 0.717) is 0 Å². The zero-order valence-corrected chi connectivity index (χ0v) is 47.2. The Morgan fingerprint density at radius 2 is 0.375 bits per heavy atom. The number of aliphatic hydroxyl groups is 2. The molecule has 0 atom stereocenters. The molecule has 4 saturated heterocycles. The van der Waals surface area contributed by atoms with Crippen LogP contribution in [0.5, 0.6) is 0 Å². The minimum atomic E-state index is -1.17. The maximum absolute atomic E-state index is 7.61. The van der Waals surface area contributed by atoms with Gasteiger partial charge in [0, 0.05) is 192 Å². The van der Waals surface area contributed by atoms with Crippen LogP contribution in [0, 0.1) is 0 Å². The Morgan fingerprint density at radius 3 is 0.469 bits per heavy atom. The van der Waals surface area contributed by atoms with E-state index in [1.165, 1.54) is 177 Å². The molecular formula is C39H102Cl2Mn4N12O7+12. The van der Waals surface area contributed by atoms with Gasteiger partial charge in [0.25, 0.3) is 0 Å². The molecule has 0 bridgehead atoms. The monoisotopic (exact) mass is 1140 g/mol. The normalized spacial score (nSPS) is 20.6. The van der Waals surface area contributed by atoms with E-state index in [2.05, 4.69) is 151 Å². The molecule has 19 nitrogen and oxygen atoms in total. The van der Waals surface area contributed by atoms with Gasteiger partial charge in [0.15, 0.2) is 0 Å². The van der Waals surface area contributed by atoms with Gasteiger partial charge in [0.05, 0.1) is 0 Å². The molecule has 0 aliphatic carbocycles. The fraction of sp³-hybridized carbons (Fsp3) is 1.00. The summed E-state index contributed by atoms with van der Waals surface area (Å²) in [6.07, 6.45) is -1.17. The minimum absolute atomic E-state index is 0. The predicted molar refractivity (Wildman–Crippen MR) is 258 cm³/mol. The van der Waals surface area contributed by atoms with Gasteiger partial charge in [0.1, 0.15) is 6.29 Å². The van der Waals surface area contributed by atoms with Crippen LogP contribution >= 0.6 is 21.7 Å². The Kier molecular flexibility index (Phi) is 85.2. The molecule has 0 saturated carbocycles. The molecule has 0 unspecified atom stereocenters. The molecular weight excluding hydrogens is 1040 g/mol. The van der Waals surface area contributed by atoms with Crippen molar-refractivity contribution < 1.29 is 106 Å². The number of likely N-dealkylation sites (N-methyl/N-ethyl adjacent to an activating group) is 10. The van der Waals surface area contributed by atoms with Crippen LogP contribution in [0.25, 0.3) is 0 Å². The van der Waals surface area contributed by atoms with Crippen molar-refractivity contribution in [3.8, 4) is 0 Å². The van der Waals surface area contributed by atoms with E-state index in [4.69, 9.17) is 10.2 Å². The molecule has 0 spiro atoms. The summed E-state index contributed by atoms with van der Waals surface area (Å²) in [6, 6.07) is 0. The Labute approximate surface area is 444 Å². The smallest absolute Gasteiger partial charge is 0.412 e. The van der Waals surface area contributed by atoms with Gasteiger partial charge < -0.3 is 86.6 Å². The molecule has 0 aromatic carbocycles. The minimum Gasteiger partial charge on any atom is -0.412 e. The third kappa shape index (κ3) is 56.5. The van der Waals surface area contributed by atoms with Crippen LogP contribution in [0.4, 0.5) is 0 Å². The van der Waals surface area contributed by atoms with Crippen molar-refractivity contribution in [2.24, 2.45) is 0 Å². The van der Waals surface area contributed by atoms with Crippen LogP contribution < -0.4 is 0 Å². The molecule has 0 amide bonds. The average Bonchev–Trinajstić information content (AvgIpc) is 3.35. The van der Waals surface area contributed by atoms with Gasteiger partial charge in [-0.05, 0) is 77.4 Å². The number of rotatable bonds is 3. The summed E-state index contributed by atoms with van der Waals surface area (Å²) in [5.41, 5.74) is 0. The van der Waals surface area contributed by atoms with Crippen molar-refractivity contribution in [1.29, 1.82) is 0 Å². The Morgan fingerprint density at radius 1 is 0.297 bits per heavy atom. The van der Waals surface area contributed by atoms with Crippen LogP contribution in [0.1, 0.15) is 14.4 Å². The van der Waals surface area contributed by atoms with Crippen molar-refractivity contribution in [2.75, 3.05) is 241 Å². The van der Waals surface area contributed by atoms with Gasteiger partial charge in [0.2, 0.25) is 0 Å². The number of aliphatic hydroxyl groups excluding tert-OH is 1. The van der Waals surface area contributed by atoms with Crippen molar-refractivity contribution >= 4 is 21.7 Å². The van der Waals surface area contributed by atoms with E-state index < -0.39 is 6.29 Å². The summed E-state index contributed by atoms with van der Waals surface area (Å²) in [5, 5.41) is 15.2. The second kappa shape index (κ2) is 59.2. The van der Waals surface area contributed by atoms with Crippen molar-refractivity contribution in [3.63, 3.8) is 0 Å². The fourth-order valence-electron chi connectivity index (χ4n) is 6.05. The van der Waals surface area contributed by atoms with Crippen molar-refractivity contribution in [1.82, 2.24) is 58.8 Å². The van der Waals surface area contributed by atoms with E-state index >= 15 is 0 Å². The zero-order chi connectivity index (χ0) is 40.9. The summed E-state index contributed by atoms with van der Waals surface area (Å²) in [6.45, 7) is 32.4. The summed E-state index contributed by atoms with van der Waals surface area (Å²) in [4.78, 5) is 29.6. The standard InChI is InChI=1S/C18H40N6.2C9H21N3.C2H6O2.CH4.Cl2.4Mn.5H2O/c1-19-5-6-20(2)10-14-23(13-9-19)17-18-24-15-11-21(3)7-8-22(4)12-16-24;2*1-10-4-6-11(2)8-9-12(3)7-5-10;1-2(3)4;;1-2;;;;;;;;;/h5-18H2,1-4H3;2*4-9H2,1-3H3;2-4H,1H3;1H4;;;;;;5*1H2/q;;;;;;4*+3;;;;;. The molecule has 12 N–H and O–H groups in total. The quantitative estimate of drug-likeness (QED) is 0.204. The number of nitrogens with zero attached hydrogens (tertiary/aromatic N) is 12. The first kappa shape index (κ1) is 92.1. The van der Waals surface area contributed by atoms with Gasteiger partial charge in [-0.2, -0.15) is 0 Å². The van der Waals surface area contributed by atoms with Crippen LogP contribution in [0.2, 0.25) is 0 Å². The molecule has 4 rings (SSSR count). The first-order chi connectivity index (χ1) is 25.6. The predicted octanol–water partition coefficient (Wildman–Crippen LogP) is -3.87. The number of hydrogen-bond acceptors (Lipinski definition) is 14. The summed E-state index contributed by atoms with van der Waals surface area (Å²) in [7, 11) is 30.4. The Bertz CT molecular complexity index is 722. The van der Waals surface area contributed by atoms with Gasteiger partial charge in [-0.3, -0.25) is 9.80 Å². The van der Waals surface area contributed by atoms with E-state index in [9.17, 15) is 0 Å². The second-order valence-electron chi connectivity index (χ2n) is 16.3. The molecule has 390 valence electrons. The summed E-state index contributed by atoms with van der Waals surface area (Å²) >= 11 is 0. The molecule has 4 aliphatic heterocycles. The molecule has 4 fully saturated rings. The van der Waals surface area contributed by atoms with Crippen LogP contribution in [-0.2, 0) is 68.3 Å². The molecule has 64 heavy (non-hydrogen) atoms. The average molecular weight is 1140 g/mol. The summed E-state index contributed by atoms with van der Waals surface area (Å²) < 4.78 is 0. The summed E-state index contributed by atoms with van der Waals surface area (Å²) in [5.74, 6) is 0. The zero-order valence-electron chi connectivity index (χ0n) is 41.0. The fourth-order valence-corrected chi connectivity index (χ4v) is 6.05. The second-order valence-corrected chi connectivity index (χ2v) is 16.3. The van der Waals surface area contributed by atoms with E-state index in [0.717, 1.165) is 0 Å². The first-order valence-electron chi connectivity index (χ1n) is 20.4. The Balaban J connectivity index is -0.0000000679. The molecule has 4 heterocycles. The van der Waals surface area contributed by atoms with E-state index in [1.54, 1.807) is 0 Å². The molecule has 4 aliphatic rings. The third-order valence-corrected chi connectivity index (χ3v) is 10.8. The molecule has 0 aromatic heterocycles. The SMILES string of the molecule is C.CC(O)O.CN1CCN(C)CCN(C)CC1.CN1CCN(C)CCN(C)CC1.CN1CCN(C)CCN(CCN2CCN(C)CCN(C)CC2)CC1.ClCl.O.O.O.O.O.[Mn+3].[Mn+3].[Mn+3].[Mn+3]. The van der Waals surface area contributed by atoms with E-state index in [-0.39, 0.29) is 103 Å². The largest absolute Gasteiger partial charge is 3.00 e. The van der Waals surface area contributed by atoms with Crippen molar-refractivity contribution in [3.05, 3.63) is 0 Å². The van der Waals surface area contributed by atoms with Gasteiger partial charge >= 0.3 is 68.3 Å². The number of hydrogen-bond donors (Lipinski definition) is 2. The Hall–Kier alpha value is 1.90. The molecule has 0 radical (unpaired) electrons. The van der Waals surface area contributed by atoms with Crippen LogP contribution in [0.15, 0.2) is 0 Å². The molecule has 0 aromatic rings. The third-order valence-electron chi connectivity index (χ3n) is 10.8. The van der Waals surface area contributed by atoms with E-state index in [1.807, 2.05) is 0 Å². The van der Waals surface area contributed by atoms with Crippen molar-refractivity contribution in [2.45, 2.75) is 20.6 Å². The van der Waals surface area contributed by atoms with Gasteiger partial charge in [-0.25, -0.2) is 0 Å².